The lowest BCUT2D eigenvalue weighted by molar-refractivity contribution is 0.0378. The number of Topliss-reactive ketones (excluding diaryl/α,β-unsaturated/α-hetero) is 1. The van der Waals surface area contributed by atoms with Gasteiger partial charge in [-0.1, -0.05) is 54.6 Å². The predicted octanol–water partition coefficient (Wildman–Crippen LogP) is 2.12. The molecule has 0 radical (unpaired) electrons. The van der Waals surface area contributed by atoms with Gasteiger partial charge in [-0.05, 0) is 5.56 Å². The van der Waals surface area contributed by atoms with Gasteiger partial charge in [0, 0.05) is 11.1 Å². The number of fused-ring (bicyclic) bond motifs is 1. The molecule has 3 rings (SSSR count). The van der Waals surface area contributed by atoms with Gasteiger partial charge in [0.1, 0.15) is 0 Å². The highest BCUT2D eigenvalue weighted by Crippen LogP contribution is 2.43. The zero-order chi connectivity index (χ0) is 11.2. The Morgan fingerprint density at radius 2 is 1.50 bits per heavy atom. The molecule has 1 aliphatic rings. The summed E-state index contributed by atoms with van der Waals surface area (Å²) in [6.07, 6.45) is 0. The van der Waals surface area contributed by atoms with Crippen molar-refractivity contribution in [2.75, 3.05) is 0 Å². The van der Waals surface area contributed by atoms with Crippen LogP contribution < -0.4 is 0 Å². The molecule has 0 fully saturated rings. The second-order valence-corrected chi connectivity index (χ2v) is 3.95. The number of hydrogen-bond donors (Lipinski definition) is 1. The molecule has 1 aliphatic carbocycles. The van der Waals surface area contributed by atoms with Gasteiger partial charge in [-0.3, -0.25) is 4.79 Å². The van der Waals surface area contributed by atoms with E-state index in [1.807, 2.05) is 24.3 Å². The Morgan fingerprint density at radius 1 is 0.875 bits per heavy atom. The maximum Gasteiger partial charge on any atom is 0.204 e. The maximum absolute atomic E-state index is 11.9. The number of hydrogen-bond acceptors (Lipinski definition) is 2. The van der Waals surface area contributed by atoms with Gasteiger partial charge in [-0.25, -0.2) is 0 Å². The molecule has 78 valence electrons. The second-order valence-electron chi connectivity index (χ2n) is 3.95. The smallest absolute Gasteiger partial charge is 0.204 e. The van der Waals surface area contributed by atoms with Crippen LogP contribution in [0, 0.1) is 0 Å². The average Bonchev–Trinajstić information content (AvgIpc) is 2.38. The molecule has 0 saturated heterocycles. The molecule has 2 aromatic carbocycles. The van der Waals surface area contributed by atoms with Crippen molar-refractivity contribution in [3.63, 3.8) is 0 Å². The Morgan fingerprint density at radius 3 is 2.25 bits per heavy atom. The Balaban J connectivity index is 2.20. The van der Waals surface area contributed by atoms with E-state index >= 15 is 0 Å². The molecule has 1 atom stereocenters. The molecule has 0 amide bonds. The molecule has 2 aromatic rings. The topological polar surface area (TPSA) is 37.3 Å². The summed E-state index contributed by atoms with van der Waals surface area (Å²) in [5.41, 5.74) is 0.524. The first-order chi connectivity index (χ1) is 7.74. The third-order valence-corrected chi connectivity index (χ3v) is 3.08. The lowest BCUT2D eigenvalue weighted by Gasteiger charge is -2.37. The Hall–Kier alpha value is -1.93. The van der Waals surface area contributed by atoms with Gasteiger partial charge in [-0.15, -0.1) is 0 Å². The van der Waals surface area contributed by atoms with E-state index in [1.54, 1.807) is 30.3 Å². The largest absolute Gasteiger partial charge is 0.373 e. The minimum absolute atomic E-state index is 0.214. The molecule has 2 nitrogen and oxygen atoms in total. The van der Waals surface area contributed by atoms with Crippen LogP contribution >= 0.6 is 0 Å². The van der Waals surface area contributed by atoms with Crippen LogP contribution in [0.25, 0.3) is 0 Å². The summed E-state index contributed by atoms with van der Waals surface area (Å²) in [4.78, 5) is 11.9. The number of carbonyl (C=O) groups is 1. The maximum atomic E-state index is 11.9. The quantitative estimate of drug-likeness (QED) is 0.782. The zero-order valence-corrected chi connectivity index (χ0v) is 8.55. The Labute approximate surface area is 93.2 Å². The molecule has 0 unspecified atom stereocenters. The van der Waals surface area contributed by atoms with E-state index in [1.165, 1.54) is 0 Å². The SMILES string of the molecule is O=C1c2ccccc2[C@@]1(O)c1ccccc1. The fraction of sp³-hybridized carbons (Fsp3) is 0.0714. The summed E-state index contributed by atoms with van der Waals surface area (Å²) in [6.45, 7) is 0. The highest BCUT2D eigenvalue weighted by Gasteiger charge is 2.50. The van der Waals surface area contributed by atoms with E-state index in [2.05, 4.69) is 0 Å². The fourth-order valence-electron chi connectivity index (χ4n) is 2.22. The molecule has 0 aromatic heterocycles. The van der Waals surface area contributed by atoms with Crippen LogP contribution in [0.15, 0.2) is 54.6 Å². The van der Waals surface area contributed by atoms with Crippen LogP contribution in [-0.4, -0.2) is 10.9 Å². The van der Waals surface area contributed by atoms with Crippen LogP contribution in [0.2, 0.25) is 0 Å². The number of ketones is 1. The van der Waals surface area contributed by atoms with E-state index in [9.17, 15) is 9.90 Å². The summed E-state index contributed by atoms with van der Waals surface area (Å²) < 4.78 is 0. The molecule has 0 saturated carbocycles. The van der Waals surface area contributed by atoms with E-state index in [0.29, 0.717) is 16.7 Å². The van der Waals surface area contributed by atoms with Crippen molar-refractivity contribution in [2.45, 2.75) is 5.60 Å². The molecular formula is C14H10O2. The molecule has 0 aliphatic heterocycles. The van der Waals surface area contributed by atoms with Crippen LogP contribution in [0.1, 0.15) is 21.5 Å². The van der Waals surface area contributed by atoms with Gasteiger partial charge in [0.2, 0.25) is 5.78 Å². The number of aliphatic hydroxyl groups is 1. The first-order valence-corrected chi connectivity index (χ1v) is 5.17. The zero-order valence-electron chi connectivity index (χ0n) is 8.55. The van der Waals surface area contributed by atoms with Crippen molar-refractivity contribution in [1.82, 2.24) is 0 Å². The van der Waals surface area contributed by atoms with Crippen molar-refractivity contribution < 1.29 is 9.90 Å². The summed E-state index contributed by atoms with van der Waals surface area (Å²) in [5, 5.41) is 10.5. The molecular weight excluding hydrogens is 200 g/mol. The minimum atomic E-state index is -1.43. The molecule has 0 bridgehead atoms. The summed E-state index contributed by atoms with van der Waals surface area (Å²) in [6, 6.07) is 16.2. The van der Waals surface area contributed by atoms with E-state index in [0.717, 1.165) is 0 Å². The van der Waals surface area contributed by atoms with Crippen LogP contribution in [0.4, 0.5) is 0 Å². The Kier molecular flexibility index (Phi) is 1.76. The first-order valence-electron chi connectivity index (χ1n) is 5.17. The van der Waals surface area contributed by atoms with Crippen molar-refractivity contribution in [3.8, 4) is 0 Å². The highest BCUT2D eigenvalue weighted by atomic mass is 16.3. The third-order valence-electron chi connectivity index (χ3n) is 3.08. The Bertz CT molecular complexity index is 560. The molecule has 16 heavy (non-hydrogen) atoms. The molecule has 0 heterocycles. The highest BCUT2D eigenvalue weighted by molar-refractivity contribution is 6.14. The molecule has 1 N–H and O–H groups in total. The second kappa shape index (κ2) is 3.03. The fourth-order valence-corrected chi connectivity index (χ4v) is 2.22. The van der Waals surface area contributed by atoms with Gasteiger partial charge in [-0.2, -0.15) is 0 Å². The van der Waals surface area contributed by atoms with Gasteiger partial charge in [0.15, 0.2) is 5.60 Å². The third kappa shape index (κ3) is 0.969. The standard InChI is InChI=1S/C14H10O2/c15-13-11-8-4-5-9-12(11)14(13,16)10-6-2-1-3-7-10/h1-9,16H/t14-/m0/s1. The van der Waals surface area contributed by atoms with Crippen LogP contribution in [0.3, 0.4) is 0 Å². The van der Waals surface area contributed by atoms with Gasteiger partial charge in [0.05, 0.1) is 0 Å². The van der Waals surface area contributed by atoms with Crippen molar-refractivity contribution in [2.24, 2.45) is 0 Å². The number of rotatable bonds is 1. The monoisotopic (exact) mass is 210 g/mol. The van der Waals surface area contributed by atoms with Crippen molar-refractivity contribution >= 4 is 5.78 Å². The summed E-state index contributed by atoms with van der Waals surface area (Å²) in [7, 11) is 0. The van der Waals surface area contributed by atoms with Crippen molar-refractivity contribution in [3.05, 3.63) is 71.3 Å². The predicted molar refractivity (Wildman–Crippen MR) is 60.2 cm³/mol. The molecule has 0 spiro atoms. The van der Waals surface area contributed by atoms with Gasteiger partial charge in [0.25, 0.3) is 0 Å². The number of benzene rings is 2. The van der Waals surface area contributed by atoms with Crippen LogP contribution in [0.5, 0.6) is 0 Å². The van der Waals surface area contributed by atoms with Crippen LogP contribution in [-0.2, 0) is 5.60 Å². The molecule has 2 heteroatoms. The van der Waals surface area contributed by atoms with Gasteiger partial charge >= 0.3 is 0 Å². The lowest BCUT2D eigenvalue weighted by atomic mass is 9.68. The van der Waals surface area contributed by atoms with E-state index < -0.39 is 5.60 Å². The minimum Gasteiger partial charge on any atom is -0.373 e. The first kappa shape index (κ1) is 9.31. The number of carbonyl (C=O) groups excluding carboxylic acids is 1. The van der Waals surface area contributed by atoms with Crippen molar-refractivity contribution in [1.29, 1.82) is 0 Å². The normalized spacial score (nSPS) is 22.4. The lowest BCUT2D eigenvalue weighted by Crippen LogP contribution is -2.47. The summed E-state index contributed by atoms with van der Waals surface area (Å²) >= 11 is 0. The van der Waals surface area contributed by atoms with E-state index in [-0.39, 0.29) is 5.78 Å². The summed E-state index contributed by atoms with van der Waals surface area (Å²) in [5.74, 6) is -0.214. The van der Waals surface area contributed by atoms with Gasteiger partial charge < -0.3 is 5.11 Å². The average molecular weight is 210 g/mol. The van der Waals surface area contributed by atoms with E-state index in [4.69, 9.17) is 0 Å².